The van der Waals surface area contributed by atoms with E-state index in [4.69, 9.17) is 16.3 Å². The molecule has 6 nitrogen and oxygen atoms in total. The molecule has 0 unspecified atom stereocenters. The Hall–Kier alpha value is -2.99. The van der Waals surface area contributed by atoms with Crippen LogP contribution in [0.1, 0.15) is 26.4 Å². The average molecular weight is 778 g/mol. The van der Waals surface area contributed by atoms with E-state index in [0.717, 1.165) is 29.0 Å². The summed E-state index contributed by atoms with van der Waals surface area (Å²) in [5.41, 5.74) is 6.03. The van der Waals surface area contributed by atoms with Gasteiger partial charge in [0.2, 0.25) is 0 Å². The van der Waals surface area contributed by atoms with Crippen LogP contribution in [-0.4, -0.2) is 23.1 Å². The van der Waals surface area contributed by atoms with Gasteiger partial charge in [0.05, 0.1) is 11.8 Å². The molecule has 5 rings (SSSR count). The highest BCUT2D eigenvalue weighted by Gasteiger charge is 2.21. The molecule has 10 heteroatoms. The number of ether oxygens (including phenoxy) is 1. The number of aromatic nitrogens is 1. The number of nitrogens with zero attached hydrogens (tertiary/aromatic N) is 1. The highest BCUT2D eigenvalue weighted by atomic mass is 127. The molecule has 0 bridgehead atoms. The van der Waals surface area contributed by atoms with Crippen LogP contribution in [0.3, 0.4) is 0 Å². The second-order valence-corrected chi connectivity index (χ2v) is 11.8. The van der Waals surface area contributed by atoms with Gasteiger partial charge in [0, 0.05) is 45.1 Å². The van der Waals surface area contributed by atoms with Crippen LogP contribution in [-0.2, 0) is 0 Å². The molecule has 0 aliphatic heterocycles. The Labute approximate surface area is 259 Å². The number of esters is 1. The molecule has 1 heterocycles. The molecule has 0 aliphatic rings. The maximum Gasteiger partial charge on any atom is 0.343 e. The van der Waals surface area contributed by atoms with Crippen molar-refractivity contribution in [2.24, 2.45) is 5.10 Å². The van der Waals surface area contributed by atoms with Crippen LogP contribution in [0.4, 0.5) is 0 Å². The minimum Gasteiger partial charge on any atom is -0.422 e. The molecule has 0 saturated carbocycles. The number of halogens is 4. The summed E-state index contributed by atoms with van der Waals surface area (Å²) in [6.07, 6.45) is 1.42. The summed E-state index contributed by atoms with van der Waals surface area (Å²) in [7, 11) is 0. The van der Waals surface area contributed by atoms with Gasteiger partial charge in [-0.1, -0.05) is 61.7 Å². The van der Waals surface area contributed by atoms with Crippen LogP contribution in [0.2, 0.25) is 5.02 Å². The summed E-state index contributed by atoms with van der Waals surface area (Å²) in [5, 5.41) is 5.56. The highest BCUT2D eigenvalue weighted by molar-refractivity contribution is 14.1. The summed E-state index contributed by atoms with van der Waals surface area (Å²) in [6, 6.07) is 25.2. The first kappa shape index (κ1) is 27.6. The number of amides is 1. The molecule has 0 atom stereocenters. The molecule has 0 radical (unpaired) electrons. The van der Waals surface area contributed by atoms with Gasteiger partial charge in [0.1, 0.15) is 11.4 Å². The first-order valence-corrected chi connectivity index (χ1v) is 14.5. The number of hydrogen-bond acceptors (Lipinski definition) is 4. The lowest BCUT2D eigenvalue weighted by Crippen LogP contribution is -2.19. The summed E-state index contributed by atoms with van der Waals surface area (Å²) in [4.78, 5) is 29.2. The van der Waals surface area contributed by atoms with Gasteiger partial charge in [-0.2, -0.15) is 5.10 Å². The van der Waals surface area contributed by atoms with Crippen LogP contribution in [0.15, 0.2) is 99.0 Å². The Balaban J connectivity index is 1.43. The molecule has 39 heavy (non-hydrogen) atoms. The van der Waals surface area contributed by atoms with Crippen LogP contribution in [0.25, 0.3) is 22.0 Å². The lowest BCUT2D eigenvalue weighted by atomic mass is 10.0. The van der Waals surface area contributed by atoms with E-state index in [1.807, 2.05) is 36.4 Å². The number of nitrogens with one attached hydrogen (secondary N) is 2. The second-order valence-electron chi connectivity index (χ2n) is 8.32. The first-order chi connectivity index (χ1) is 18.8. The van der Waals surface area contributed by atoms with Gasteiger partial charge in [0.25, 0.3) is 5.91 Å². The van der Waals surface area contributed by atoms with Crippen LogP contribution in [0, 0.1) is 3.57 Å². The van der Waals surface area contributed by atoms with Gasteiger partial charge in [-0.05, 0) is 89.3 Å². The van der Waals surface area contributed by atoms with Crippen molar-refractivity contribution in [3.63, 3.8) is 0 Å². The number of rotatable bonds is 6. The number of aromatic amines is 1. The van der Waals surface area contributed by atoms with Gasteiger partial charge in [0.15, 0.2) is 0 Å². The molecule has 0 saturated heterocycles. The normalized spacial score (nSPS) is 11.2. The molecule has 194 valence electrons. The van der Waals surface area contributed by atoms with Gasteiger partial charge in [-0.3, -0.25) is 4.79 Å². The van der Waals surface area contributed by atoms with E-state index in [-0.39, 0.29) is 0 Å². The highest BCUT2D eigenvalue weighted by Crippen LogP contribution is 2.37. The Morgan fingerprint density at radius 1 is 0.949 bits per heavy atom. The zero-order valence-electron chi connectivity index (χ0n) is 19.8. The largest absolute Gasteiger partial charge is 0.422 e. The fraction of sp³-hybridized carbons (Fsp3) is 0. The van der Waals surface area contributed by atoms with Crippen molar-refractivity contribution in [1.29, 1.82) is 0 Å². The lowest BCUT2D eigenvalue weighted by Gasteiger charge is -2.09. The predicted molar refractivity (Wildman–Crippen MR) is 170 cm³/mol. The predicted octanol–water partition coefficient (Wildman–Crippen LogP) is 8.60. The molecule has 0 aliphatic carbocycles. The summed E-state index contributed by atoms with van der Waals surface area (Å²) < 4.78 is 8.24. The summed E-state index contributed by atoms with van der Waals surface area (Å²) in [6.45, 7) is 0. The van der Waals surface area contributed by atoms with E-state index in [0.29, 0.717) is 33.2 Å². The van der Waals surface area contributed by atoms with E-state index in [9.17, 15) is 9.59 Å². The summed E-state index contributed by atoms with van der Waals surface area (Å²) >= 11 is 15.5. The minimum absolute atomic E-state index is 0.293. The molecule has 4 aromatic carbocycles. The molecule has 5 aromatic rings. The first-order valence-electron chi connectivity index (χ1n) is 11.5. The number of carbonyl (C=O) groups is 2. The van der Waals surface area contributed by atoms with Crippen molar-refractivity contribution >= 4 is 95.0 Å². The van der Waals surface area contributed by atoms with Crippen molar-refractivity contribution in [3.05, 3.63) is 119 Å². The number of fused-ring (bicyclic) bond motifs is 1. The Morgan fingerprint density at radius 2 is 1.69 bits per heavy atom. The fourth-order valence-electron chi connectivity index (χ4n) is 3.95. The van der Waals surface area contributed by atoms with Gasteiger partial charge < -0.3 is 9.72 Å². The third-order valence-electron chi connectivity index (χ3n) is 5.76. The Bertz CT molecular complexity index is 1750. The SMILES string of the molecule is O=C(Oc1ccc(Br)cc1C=NNC(=O)c1[nH]c2ccc(I)cc2c1-c1ccccc1Cl)c1ccc(Br)cc1. The third-order valence-corrected chi connectivity index (χ3v) is 7.78. The number of benzene rings is 4. The number of hydrogen-bond donors (Lipinski definition) is 2. The zero-order valence-corrected chi connectivity index (χ0v) is 25.9. The molecule has 1 amide bonds. The van der Waals surface area contributed by atoms with Crippen LogP contribution >= 0.6 is 66.1 Å². The Kier molecular flexibility index (Phi) is 8.51. The zero-order chi connectivity index (χ0) is 27.5. The Morgan fingerprint density at radius 3 is 2.46 bits per heavy atom. The maximum atomic E-state index is 13.3. The minimum atomic E-state index is -0.513. The molecule has 2 N–H and O–H groups in total. The van der Waals surface area contributed by atoms with Gasteiger partial charge in [-0.15, -0.1) is 0 Å². The van der Waals surface area contributed by atoms with E-state index in [2.05, 4.69) is 70.0 Å². The van der Waals surface area contributed by atoms with Gasteiger partial charge in [-0.25, -0.2) is 10.2 Å². The molecular formula is C29H17Br2ClIN3O3. The molecule has 1 aromatic heterocycles. The maximum absolute atomic E-state index is 13.3. The van der Waals surface area contributed by atoms with Crippen molar-refractivity contribution < 1.29 is 14.3 Å². The topological polar surface area (TPSA) is 83.5 Å². The smallest absolute Gasteiger partial charge is 0.343 e. The van der Waals surface area contributed by atoms with E-state index in [1.165, 1.54) is 6.21 Å². The van der Waals surface area contributed by atoms with Crippen molar-refractivity contribution in [1.82, 2.24) is 10.4 Å². The molecule has 0 spiro atoms. The van der Waals surface area contributed by atoms with Gasteiger partial charge >= 0.3 is 5.97 Å². The second kappa shape index (κ2) is 12.0. The number of H-pyrrole nitrogens is 1. The fourth-order valence-corrected chi connectivity index (χ4v) is 5.32. The van der Waals surface area contributed by atoms with Crippen molar-refractivity contribution in [2.75, 3.05) is 0 Å². The summed E-state index contributed by atoms with van der Waals surface area (Å²) in [5.74, 6) is -0.669. The van der Waals surface area contributed by atoms with E-state index < -0.39 is 11.9 Å². The number of hydrazone groups is 1. The van der Waals surface area contributed by atoms with E-state index in [1.54, 1.807) is 48.5 Å². The lowest BCUT2D eigenvalue weighted by molar-refractivity contribution is 0.0734. The van der Waals surface area contributed by atoms with Crippen molar-refractivity contribution in [2.45, 2.75) is 0 Å². The van der Waals surface area contributed by atoms with E-state index >= 15 is 0 Å². The monoisotopic (exact) mass is 775 g/mol. The quantitative estimate of drug-likeness (QED) is 0.0596. The third kappa shape index (κ3) is 6.27. The molecule has 0 fully saturated rings. The van der Waals surface area contributed by atoms with Crippen LogP contribution < -0.4 is 10.2 Å². The molecular weight excluding hydrogens is 761 g/mol. The van der Waals surface area contributed by atoms with Crippen LogP contribution in [0.5, 0.6) is 5.75 Å². The average Bonchev–Trinajstić information content (AvgIpc) is 3.29. The van der Waals surface area contributed by atoms with Crippen molar-refractivity contribution in [3.8, 4) is 16.9 Å². The standard InChI is InChI=1S/C29H17Br2ClIN3O3/c30-18-7-5-16(6-8-18)29(38)39-25-12-9-19(31)13-17(25)15-34-36-28(37)27-26(21-3-1-2-4-23(21)32)22-14-20(33)10-11-24(22)35-27/h1-15,35H,(H,36,37). The number of carbonyl (C=O) groups excluding carboxylic acids is 2.